The molecule has 5 fully saturated rings. The molecule has 10 atom stereocenters. The monoisotopic (exact) mass is 550 g/mol. The normalized spacial score (nSPS) is 43.3. The Balaban J connectivity index is 1.09. The van der Waals surface area contributed by atoms with E-state index in [1.54, 1.807) is 0 Å². The number of methoxy groups -OCH3 is 1. The third kappa shape index (κ3) is 4.78. The van der Waals surface area contributed by atoms with Crippen molar-refractivity contribution in [3.8, 4) is 0 Å². The van der Waals surface area contributed by atoms with Gasteiger partial charge in [0.05, 0.1) is 13.7 Å². The van der Waals surface area contributed by atoms with Crippen LogP contribution in [-0.2, 0) is 24.0 Å². The molecule has 6 rings (SSSR count). The van der Waals surface area contributed by atoms with Gasteiger partial charge in [-0.3, -0.25) is 4.79 Å². The fraction of sp³-hybridized carbons (Fsp3) is 0.743. The Kier molecular flexibility index (Phi) is 7.72. The Labute approximate surface area is 241 Å². The van der Waals surface area contributed by atoms with Gasteiger partial charge in [-0.2, -0.15) is 0 Å². The summed E-state index contributed by atoms with van der Waals surface area (Å²) < 4.78 is 11.5. The van der Waals surface area contributed by atoms with Gasteiger partial charge in [-0.1, -0.05) is 57.7 Å². The van der Waals surface area contributed by atoms with Crippen LogP contribution in [0.3, 0.4) is 0 Å². The van der Waals surface area contributed by atoms with Crippen LogP contribution in [0.1, 0.15) is 97.0 Å². The van der Waals surface area contributed by atoms with Crippen LogP contribution < -0.4 is 0 Å². The molecule has 220 valence electrons. The van der Waals surface area contributed by atoms with Crippen LogP contribution in [0.15, 0.2) is 36.9 Å². The highest BCUT2D eigenvalue weighted by molar-refractivity contribution is 5.69. The van der Waals surface area contributed by atoms with Crippen LogP contribution >= 0.6 is 0 Å². The number of hydrogen-bond acceptors (Lipinski definition) is 5. The SMILES string of the molecule is C=C(c1ccccc1)[C@@H]1CO[C@@]2(CC[C@@]3(C)[C@H](CC[C@@H]4[C@@H]3CC[C@]3(C)[C@@H]([C@H](C)CCC(=O)OC)CC[C@@H]43)C2)OO1. The van der Waals surface area contributed by atoms with Crippen molar-refractivity contribution in [1.82, 2.24) is 0 Å². The van der Waals surface area contributed by atoms with Gasteiger partial charge in [-0.15, -0.1) is 0 Å². The minimum absolute atomic E-state index is 0.0652. The number of benzene rings is 1. The van der Waals surface area contributed by atoms with Crippen LogP contribution in [0.4, 0.5) is 0 Å². The molecule has 0 N–H and O–H groups in total. The molecule has 5 nitrogen and oxygen atoms in total. The molecule has 1 aliphatic heterocycles. The first kappa shape index (κ1) is 28.4. The molecule has 40 heavy (non-hydrogen) atoms. The summed E-state index contributed by atoms with van der Waals surface area (Å²) >= 11 is 0. The van der Waals surface area contributed by atoms with Gasteiger partial charge in [0.1, 0.15) is 6.10 Å². The van der Waals surface area contributed by atoms with Crippen LogP contribution in [0, 0.1) is 46.3 Å². The number of ether oxygens (including phenoxy) is 2. The average Bonchev–Trinajstić information content (AvgIpc) is 3.34. The number of hydrogen-bond donors (Lipinski definition) is 0. The van der Waals surface area contributed by atoms with Crippen molar-refractivity contribution < 1.29 is 24.0 Å². The first-order valence-corrected chi connectivity index (χ1v) is 16.0. The quantitative estimate of drug-likeness (QED) is 0.265. The highest BCUT2D eigenvalue weighted by Gasteiger charge is 2.62. The number of fused-ring (bicyclic) bond motifs is 5. The van der Waals surface area contributed by atoms with E-state index < -0.39 is 5.79 Å². The number of carbonyl (C=O) groups excluding carboxylic acids is 1. The van der Waals surface area contributed by atoms with E-state index in [0.29, 0.717) is 35.7 Å². The maximum atomic E-state index is 11.8. The zero-order valence-electron chi connectivity index (χ0n) is 25.2. The van der Waals surface area contributed by atoms with E-state index in [0.717, 1.165) is 60.5 Å². The van der Waals surface area contributed by atoms with E-state index in [4.69, 9.17) is 19.2 Å². The van der Waals surface area contributed by atoms with Crippen molar-refractivity contribution >= 4 is 11.5 Å². The minimum Gasteiger partial charge on any atom is -0.469 e. The molecular formula is C35H50O5. The minimum atomic E-state index is -0.610. The molecule has 0 radical (unpaired) electrons. The van der Waals surface area contributed by atoms with Gasteiger partial charge in [-0.05, 0) is 109 Å². The summed E-state index contributed by atoms with van der Waals surface area (Å²) in [6, 6.07) is 10.2. The molecule has 1 aromatic rings. The molecule has 0 bridgehead atoms. The summed E-state index contributed by atoms with van der Waals surface area (Å²) in [6.45, 7) is 12.4. The Morgan fingerprint density at radius 1 is 1.02 bits per heavy atom. The first-order chi connectivity index (χ1) is 19.2. The van der Waals surface area contributed by atoms with Crippen molar-refractivity contribution in [3.05, 3.63) is 42.5 Å². The summed E-state index contributed by atoms with van der Waals surface area (Å²) in [5.74, 6) is 3.68. The van der Waals surface area contributed by atoms with Gasteiger partial charge >= 0.3 is 5.97 Å². The van der Waals surface area contributed by atoms with Gasteiger partial charge < -0.3 is 9.47 Å². The lowest BCUT2D eigenvalue weighted by atomic mass is 9.44. The molecule has 4 saturated carbocycles. The van der Waals surface area contributed by atoms with Gasteiger partial charge in [0.2, 0.25) is 5.79 Å². The van der Waals surface area contributed by atoms with Crippen LogP contribution in [0.25, 0.3) is 5.57 Å². The standard InChI is InChI=1S/C35H50O5/c1-23(11-16-32(36)37-5)28-14-15-29-27-13-12-26-21-35(20-19-33(26,3)30(27)17-18-34(28,29)4)38-22-31(39-40-35)24(2)25-9-7-6-8-10-25/h6-10,23,26-31H,2,11-22H2,1,3-5H3/t23-,26-,27+,28-,29+,30+,31+,33+,34-,35+/m1/s1. The maximum Gasteiger partial charge on any atom is 0.305 e. The lowest BCUT2D eigenvalue weighted by Crippen LogP contribution is -2.58. The summed E-state index contributed by atoms with van der Waals surface area (Å²) in [4.78, 5) is 24.0. The molecule has 1 heterocycles. The lowest BCUT2D eigenvalue weighted by molar-refractivity contribution is -0.489. The Morgan fingerprint density at radius 2 is 1.80 bits per heavy atom. The van der Waals surface area contributed by atoms with E-state index in [1.165, 1.54) is 45.6 Å². The summed E-state index contributed by atoms with van der Waals surface area (Å²) in [7, 11) is 1.50. The molecule has 4 aliphatic carbocycles. The van der Waals surface area contributed by atoms with Gasteiger partial charge in [0.15, 0.2) is 0 Å². The second-order valence-corrected chi connectivity index (χ2v) is 14.5. The Hall–Kier alpha value is -1.69. The van der Waals surface area contributed by atoms with Crippen molar-refractivity contribution in [1.29, 1.82) is 0 Å². The summed E-state index contributed by atoms with van der Waals surface area (Å²) in [5, 5.41) is 0. The Bertz CT molecular complexity index is 1080. The zero-order valence-corrected chi connectivity index (χ0v) is 25.2. The second kappa shape index (κ2) is 10.9. The van der Waals surface area contributed by atoms with E-state index >= 15 is 0 Å². The fourth-order valence-electron chi connectivity index (χ4n) is 10.4. The first-order valence-electron chi connectivity index (χ1n) is 16.0. The molecule has 1 spiro atoms. The predicted octanol–water partition coefficient (Wildman–Crippen LogP) is 7.99. The molecule has 0 aromatic heterocycles. The predicted molar refractivity (Wildman–Crippen MR) is 156 cm³/mol. The number of esters is 1. The molecule has 0 amide bonds. The van der Waals surface area contributed by atoms with Crippen molar-refractivity contribution in [2.24, 2.45) is 46.3 Å². The van der Waals surface area contributed by atoms with Crippen LogP contribution in [-0.4, -0.2) is 31.6 Å². The summed E-state index contributed by atoms with van der Waals surface area (Å²) in [6.07, 6.45) is 12.2. The van der Waals surface area contributed by atoms with E-state index in [-0.39, 0.29) is 12.1 Å². The lowest BCUT2D eigenvalue weighted by Gasteiger charge is -2.62. The van der Waals surface area contributed by atoms with Crippen LogP contribution in [0.2, 0.25) is 0 Å². The molecule has 1 saturated heterocycles. The van der Waals surface area contributed by atoms with Gasteiger partial charge in [0.25, 0.3) is 0 Å². The third-order valence-electron chi connectivity index (χ3n) is 12.8. The van der Waals surface area contributed by atoms with E-state index in [2.05, 4.69) is 39.5 Å². The van der Waals surface area contributed by atoms with Crippen molar-refractivity contribution in [2.75, 3.05) is 13.7 Å². The van der Waals surface area contributed by atoms with Gasteiger partial charge in [-0.25, -0.2) is 9.78 Å². The maximum absolute atomic E-state index is 11.8. The second-order valence-electron chi connectivity index (χ2n) is 14.5. The molecule has 5 heteroatoms. The summed E-state index contributed by atoms with van der Waals surface area (Å²) in [5.41, 5.74) is 2.74. The number of rotatable bonds is 6. The largest absolute Gasteiger partial charge is 0.469 e. The molecule has 0 unspecified atom stereocenters. The topological polar surface area (TPSA) is 54.0 Å². The third-order valence-corrected chi connectivity index (χ3v) is 12.8. The van der Waals surface area contributed by atoms with Crippen molar-refractivity contribution in [3.63, 3.8) is 0 Å². The molecule has 5 aliphatic rings. The zero-order chi connectivity index (χ0) is 28.1. The van der Waals surface area contributed by atoms with Crippen molar-refractivity contribution in [2.45, 2.75) is 103 Å². The smallest absolute Gasteiger partial charge is 0.305 e. The molecular weight excluding hydrogens is 500 g/mol. The highest BCUT2D eigenvalue weighted by atomic mass is 17.2. The highest BCUT2D eigenvalue weighted by Crippen LogP contribution is 2.69. The molecule has 1 aromatic carbocycles. The van der Waals surface area contributed by atoms with E-state index in [1.807, 2.05) is 18.2 Å². The fourth-order valence-corrected chi connectivity index (χ4v) is 10.4. The Morgan fingerprint density at radius 3 is 2.52 bits per heavy atom. The average molecular weight is 551 g/mol. The number of carbonyl (C=O) groups is 1. The van der Waals surface area contributed by atoms with Crippen LogP contribution in [0.5, 0.6) is 0 Å². The van der Waals surface area contributed by atoms with Gasteiger partial charge in [0, 0.05) is 19.3 Å². The van der Waals surface area contributed by atoms with E-state index in [9.17, 15) is 4.79 Å².